The number of carbonyl (C=O) groups is 1. The molecule has 1 aliphatic carbocycles. The Morgan fingerprint density at radius 2 is 1.94 bits per heavy atom. The highest BCUT2D eigenvalue weighted by Crippen LogP contribution is 2.29. The summed E-state index contributed by atoms with van der Waals surface area (Å²) in [6.07, 6.45) is 8.09. The average Bonchev–Trinajstić information content (AvgIpc) is 3.29. The van der Waals surface area contributed by atoms with Gasteiger partial charge in [-0.25, -0.2) is 9.97 Å². The maximum absolute atomic E-state index is 11.3. The summed E-state index contributed by atoms with van der Waals surface area (Å²) in [7, 11) is 1.89. The van der Waals surface area contributed by atoms with Crippen molar-refractivity contribution in [3.8, 4) is 28.3 Å². The third-order valence-corrected chi connectivity index (χ3v) is 6.49. The van der Waals surface area contributed by atoms with E-state index in [4.69, 9.17) is 4.74 Å². The van der Waals surface area contributed by atoms with Crippen molar-refractivity contribution in [3.63, 3.8) is 0 Å². The normalized spacial score (nSPS) is 17.5. The zero-order valence-electron chi connectivity index (χ0n) is 20.0. The minimum absolute atomic E-state index is 0.0997. The molecule has 1 aromatic carbocycles. The number of carboxylic acid groups (broad SMARTS) is 1. The Morgan fingerprint density at radius 3 is 2.72 bits per heavy atom. The molecule has 0 amide bonds. The lowest BCUT2D eigenvalue weighted by molar-refractivity contribution is -0.143. The average molecular weight is 485 g/mol. The van der Waals surface area contributed by atoms with E-state index in [0.29, 0.717) is 31.1 Å². The summed E-state index contributed by atoms with van der Waals surface area (Å²) < 4.78 is 7.85. The quantitative estimate of drug-likeness (QED) is 0.374. The van der Waals surface area contributed by atoms with Crippen LogP contribution in [0, 0.1) is 5.92 Å². The number of ether oxygens (including phenoxy) is 1. The Balaban J connectivity index is 1.26. The summed E-state index contributed by atoms with van der Waals surface area (Å²) >= 11 is 0. The highest BCUT2D eigenvalue weighted by Gasteiger charge is 2.28. The van der Waals surface area contributed by atoms with E-state index in [9.17, 15) is 9.90 Å². The highest BCUT2D eigenvalue weighted by molar-refractivity contribution is 5.70. The SMILES string of the molecule is Cn1ncc(-c2ccc(OC3CCCC(C(=O)O)C3)cn2)c1CNc1nccc(-c2ccccc2)n1. The molecule has 3 aromatic heterocycles. The number of pyridine rings is 1. The van der Waals surface area contributed by atoms with Crippen LogP contribution in [0.3, 0.4) is 0 Å². The second-order valence-electron chi connectivity index (χ2n) is 8.93. The molecule has 0 saturated heterocycles. The van der Waals surface area contributed by atoms with Crippen molar-refractivity contribution in [3.05, 3.63) is 72.8 Å². The van der Waals surface area contributed by atoms with Gasteiger partial charge >= 0.3 is 5.97 Å². The fraction of sp³-hybridized carbons (Fsp3) is 0.296. The lowest BCUT2D eigenvalue weighted by Gasteiger charge is -2.27. The van der Waals surface area contributed by atoms with Gasteiger partial charge in [0.05, 0.1) is 48.0 Å². The van der Waals surface area contributed by atoms with Crippen LogP contribution in [0.1, 0.15) is 31.4 Å². The first kappa shape index (κ1) is 23.5. The Kier molecular flexibility index (Phi) is 6.88. The number of rotatable bonds is 8. The number of nitrogens with zero attached hydrogens (tertiary/aromatic N) is 5. The number of aliphatic carboxylic acids is 1. The lowest BCUT2D eigenvalue weighted by atomic mass is 9.87. The third kappa shape index (κ3) is 5.35. The van der Waals surface area contributed by atoms with E-state index in [0.717, 1.165) is 41.1 Å². The first-order valence-electron chi connectivity index (χ1n) is 12.1. The van der Waals surface area contributed by atoms with Crippen molar-refractivity contribution < 1.29 is 14.6 Å². The molecule has 36 heavy (non-hydrogen) atoms. The van der Waals surface area contributed by atoms with Crippen LogP contribution in [0.4, 0.5) is 5.95 Å². The number of hydrogen-bond donors (Lipinski definition) is 2. The first-order chi connectivity index (χ1) is 17.6. The Bertz CT molecular complexity index is 1320. The number of nitrogens with one attached hydrogen (secondary N) is 1. The predicted molar refractivity (Wildman–Crippen MR) is 135 cm³/mol. The third-order valence-electron chi connectivity index (χ3n) is 6.49. The van der Waals surface area contributed by atoms with Gasteiger partial charge in [0.2, 0.25) is 5.95 Å². The second-order valence-corrected chi connectivity index (χ2v) is 8.93. The number of aromatic nitrogens is 5. The molecule has 4 aromatic rings. The van der Waals surface area contributed by atoms with Crippen molar-refractivity contribution in [2.24, 2.45) is 13.0 Å². The monoisotopic (exact) mass is 484 g/mol. The van der Waals surface area contributed by atoms with Crippen LogP contribution in [0.15, 0.2) is 67.1 Å². The largest absolute Gasteiger partial charge is 0.489 e. The summed E-state index contributed by atoms with van der Waals surface area (Å²) in [5, 5.41) is 17.0. The van der Waals surface area contributed by atoms with E-state index in [1.807, 2.05) is 60.3 Å². The molecule has 0 spiro atoms. The lowest BCUT2D eigenvalue weighted by Crippen LogP contribution is -2.29. The number of benzene rings is 1. The molecule has 0 bridgehead atoms. The minimum atomic E-state index is -0.744. The Labute approximate surface area is 209 Å². The summed E-state index contributed by atoms with van der Waals surface area (Å²) in [5.41, 5.74) is 4.50. The Morgan fingerprint density at radius 1 is 1.08 bits per heavy atom. The molecular formula is C27H28N6O3. The zero-order chi connectivity index (χ0) is 24.9. The molecule has 1 aliphatic rings. The van der Waals surface area contributed by atoms with Crippen LogP contribution in [0.25, 0.3) is 22.5 Å². The molecule has 5 rings (SSSR count). The van der Waals surface area contributed by atoms with Crippen LogP contribution in [-0.4, -0.2) is 41.9 Å². The highest BCUT2D eigenvalue weighted by atomic mass is 16.5. The van der Waals surface area contributed by atoms with Gasteiger partial charge in [-0.1, -0.05) is 30.3 Å². The smallest absolute Gasteiger partial charge is 0.306 e. The molecular weight excluding hydrogens is 456 g/mol. The van der Waals surface area contributed by atoms with Gasteiger partial charge in [0, 0.05) is 24.4 Å². The molecule has 2 N–H and O–H groups in total. The topological polar surface area (TPSA) is 115 Å². The maximum atomic E-state index is 11.3. The first-order valence-corrected chi connectivity index (χ1v) is 12.1. The molecule has 0 radical (unpaired) electrons. The van der Waals surface area contributed by atoms with Crippen LogP contribution >= 0.6 is 0 Å². The van der Waals surface area contributed by atoms with Crippen LogP contribution in [0.5, 0.6) is 5.75 Å². The predicted octanol–water partition coefficient (Wildman–Crippen LogP) is 4.57. The number of aryl methyl sites for hydroxylation is 1. The number of carboxylic acids is 1. The summed E-state index contributed by atoms with van der Waals surface area (Å²) in [5.74, 6) is 0.0994. The molecule has 9 nitrogen and oxygen atoms in total. The van der Waals surface area contributed by atoms with Gasteiger partial charge in [-0.15, -0.1) is 0 Å². The van der Waals surface area contributed by atoms with Gasteiger partial charge in [-0.05, 0) is 43.9 Å². The fourth-order valence-electron chi connectivity index (χ4n) is 4.54. The molecule has 9 heteroatoms. The van der Waals surface area contributed by atoms with Crippen LogP contribution in [0.2, 0.25) is 0 Å². The molecule has 2 atom stereocenters. The molecule has 0 aliphatic heterocycles. The van der Waals surface area contributed by atoms with Gasteiger partial charge < -0.3 is 15.2 Å². The van der Waals surface area contributed by atoms with E-state index < -0.39 is 5.97 Å². The van der Waals surface area contributed by atoms with E-state index in [1.54, 1.807) is 18.6 Å². The summed E-state index contributed by atoms with van der Waals surface area (Å²) in [6, 6.07) is 15.6. The van der Waals surface area contributed by atoms with E-state index in [2.05, 4.69) is 25.4 Å². The molecule has 1 saturated carbocycles. The standard InChI is InChI=1S/C27H28N6O3/c1-33-25(17-30-27-28-13-12-23(32-27)18-6-3-2-4-7-18)22(16-31-33)24-11-10-21(15-29-24)36-20-9-5-8-19(14-20)26(34)35/h2-4,6-7,10-13,15-16,19-20H,5,8-9,14,17H2,1H3,(H,34,35)(H,28,30,32). The van der Waals surface area contributed by atoms with E-state index >= 15 is 0 Å². The maximum Gasteiger partial charge on any atom is 0.306 e. The minimum Gasteiger partial charge on any atom is -0.489 e. The summed E-state index contributed by atoms with van der Waals surface area (Å²) in [6.45, 7) is 0.475. The van der Waals surface area contributed by atoms with Crippen molar-refractivity contribution in [1.82, 2.24) is 24.7 Å². The molecule has 3 heterocycles. The van der Waals surface area contributed by atoms with Crippen LogP contribution < -0.4 is 10.1 Å². The van der Waals surface area contributed by atoms with Crippen molar-refractivity contribution in [2.45, 2.75) is 38.3 Å². The van der Waals surface area contributed by atoms with E-state index in [-0.39, 0.29) is 12.0 Å². The van der Waals surface area contributed by atoms with Gasteiger partial charge in [-0.2, -0.15) is 5.10 Å². The Hall–Kier alpha value is -4.27. The van der Waals surface area contributed by atoms with Crippen molar-refractivity contribution >= 4 is 11.9 Å². The van der Waals surface area contributed by atoms with Gasteiger partial charge in [-0.3, -0.25) is 14.5 Å². The van der Waals surface area contributed by atoms with Crippen LogP contribution in [-0.2, 0) is 18.4 Å². The molecule has 184 valence electrons. The van der Waals surface area contributed by atoms with Crippen molar-refractivity contribution in [2.75, 3.05) is 5.32 Å². The number of hydrogen-bond acceptors (Lipinski definition) is 7. The zero-order valence-corrected chi connectivity index (χ0v) is 20.0. The number of anilines is 1. The molecule has 2 unspecified atom stereocenters. The fourth-order valence-corrected chi connectivity index (χ4v) is 4.54. The van der Waals surface area contributed by atoms with Crippen molar-refractivity contribution in [1.29, 1.82) is 0 Å². The van der Waals surface area contributed by atoms with Gasteiger partial charge in [0.25, 0.3) is 0 Å². The van der Waals surface area contributed by atoms with Gasteiger partial charge in [0.1, 0.15) is 5.75 Å². The van der Waals surface area contributed by atoms with Gasteiger partial charge in [0.15, 0.2) is 0 Å². The van der Waals surface area contributed by atoms with E-state index in [1.165, 1.54) is 0 Å². The summed E-state index contributed by atoms with van der Waals surface area (Å²) in [4.78, 5) is 24.9. The molecule has 1 fully saturated rings. The second kappa shape index (κ2) is 10.6.